The SMILES string of the molecule is C#CCCCCOc1ccc(C)c(C)c1. The van der Waals surface area contributed by atoms with Crippen LogP contribution < -0.4 is 4.74 Å². The van der Waals surface area contributed by atoms with Crippen LogP contribution in [0.15, 0.2) is 18.2 Å². The molecule has 1 nitrogen and oxygen atoms in total. The quantitative estimate of drug-likeness (QED) is 0.524. The van der Waals surface area contributed by atoms with Crippen LogP contribution in [-0.4, -0.2) is 6.61 Å². The lowest BCUT2D eigenvalue weighted by Crippen LogP contribution is -1.97. The minimum Gasteiger partial charge on any atom is -0.494 e. The van der Waals surface area contributed by atoms with Crippen LogP contribution in [0.4, 0.5) is 0 Å². The highest BCUT2D eigenvalue weighted by Crippen LogP contribution is 2.16. The van der Waals surface area contributed by atoms with Gasteiger partial charge in [0.2, 0.25) is 0 Å². The van der Waals surface area contributed by atoms with Gasteiger partial charge >= 0.3 is 0 Å². The van der Waals surface area contributed by atoms with Gasteiger partial charge in [0.25, 0.3) is 0 Å². The van der Waals surface area contributed by atoms with Crippen LogP contribution >= 0.6 is 0 Å². The van der Waals surface area contributed by atoms with Crippen LogP contribution in [0.1, 0.15) is 30.4 Å². The molecular formula is C14H18O. The van der Waals surface area contributed by atoms with Crippen molar-refractivity contribution in [2.24, 2.45) is 0 Å². The largest absolute Gasteiger partial charge is 0.494 e. The Morgan fingerprint density at radius 3 is 2.67 bits per heavy atom. The third kappa shape index (κ3) is 4.08. The van der Waals surface area contributed by atoms with E-state index >= 15 is 0 Å². The van der Waals surface area contributed by atoms with Gasteiger partial charge in [0.05, 0.1) is 6.61 Å². The summed E-state index contributed by atoms with van der Waals surface area (Å²) >= 11 is 0. The number of aryl methyl sites for hydroxylation is 2. The maximum absolute atomic E-state index is 5.62. The lowest BCUT2D eigenvalue weighted by atomic mass is 10.1. The fourth-order valence-electron chi connectivity index (χ4n) is 1.32. The highest BCUT2D eigenvalue weighted by molar-refractivity contribution is 5.33. The van der Waals surface area contributed by atoms with Gasteiger partial charge in [0.15, 0.2) is 0 Å². The third-order valence-corrected chi connectivity index (χ3v) is 2.46. The van der Waals surface area contributed by atoms with E-state index in [9.17, 15) is 0 Å². The molecule has 0 spiro atoms. The Kier molecular flexibility index (Phi) is 4.77. The van der Waals surface area contributed by atoms with Gasteiger partial charge in [-0.3, -0.25) is 0 Å². The average Bonchev–Trinajstić information content (AvgIpc) is 2.23. The van der Waals surface area contributed by atoms with E-state index in [1.165, 1.54) is 11.1 Å². The zero-order valence-electron chi connectivity index (χ0n) is 9.55. The van der Waals surface area contributed by atoms with Crippen molar-refractivity contribution >= 4 is 0 Å². The molecule has 15 heavy (non-hydrogen) atoms. The monoisotopic (exact) mass is 202 g/mol. The van der Waals surface area contributed by atoms with Gasteiger partial charge in [-0.05, 0) is 49.9 Å². The van der Waals surface area contributed by atoms with Crippen molar-refractivity contribution in [2.45, 2.75) is 33.1 Å². The number of benzene rings is 1. The summed E-state index contributed by atoms with van der Waals surface area (Å²) in [7, 11) is 0. The number of terminal acetylenes is 1. The van der Waals surface area contributed by atoms with Gasteiger partial charge < -0.3 is 4.74 Å². The predicted octanol–water partition coefficient (Wildman–Crippen LogP) is 3.49. The molecule has 0 aromatic heterocycles. The van der Waals surface area contributed by atoms with E-state index in [0.29, 0.717) is 0 Å². The van der Waals surface area contributed by atoms with E-state index in [1.54, 1.807) is 0 Å². The Balaban J connectivity index is 2.32. The molecular weight excluding hydrogens is 184 g/mol. The summed E-state index contributed by atoms with van der Waals surface area (Å²) in [5.74, 6) is 3.58. The topological polar surface area (TPSA) is 9.23 Å². The summed E-state index contributed by atoms with van der Waals surface area (Å²) in [6, 6.07) is 6.19. The summed E-state index contributed by atoms with van der Waals surface area (Å²) < 4.78 is 5.62. The molecule has 80 valence electrons. The summed E-state index contributed by atoms with van der Waals surface area (Å²) in [4.78, 5) is 0. The van der Waals surface area contributed by atoms with Crippen molar-refractivity contribution in [2.75, 3.05) is 6.61 Å². The van der Waals surface area contributed by atoms with Gasteiger partial charge in [0, 0.05) is 6.42 Å². The smallest absolute Gasteiger partial charge is 0.119 e. The van der Waals surface area contributed by atoms with E-state index in [1.807, 2.05) is 6.07 Å². The molecule has 0 fully saturated rings. The summed E-state index contributed by atoms with van der Waals surface area (Å²) in [6.45, 7) is 4.96. The molecule has 1 aromatic carbocycles. The minimum absolute atomic E-state index is 0.754. The molecule has 0 heterocycles. The molecule has 0 aliphatic heterocycles. The van der Waals surface area contributed by atoms with Gasteiger partial charge in [-0.15, -0.1) is 12.3 Å². The number of hydrogen-bond donors (Lipinski definition) is 0. The Morgan fingerprint density at radius 1 is 1.20 bits per heavy atom. The van der Waals surface area contributed by atoms with E-state index in [4.69, 9.17) is 11.2 Å². The van der Waals surface area contributed by atoms with Crippen LogP contribution in [-0.2, 0) is 0 Å². The molecule has 0 bridgehead atoms. The molecule has 1 aromatic rings. The Hall–Kier alpha value is -1.42. The number of hydrogen-bond acceptors (Lipinski definition) is 1. The molecule has 0 atom stereocenters. The molecule has 1 heteroatoms. The van der Waals surface area contributed by atoms with Crippen molar-refractivity contribution < 1.29 is 4.74 Å². The Bertz CT molecular complexity index is 347. The maximum atomic E-state index is 5.62. The van der Waals surface area contributed by atoms with Gasteiger partial charge in [-0.2, -0.15) is 0 Å². The van der Waals surface area contributed by atoms with Gasteiger partial charge in [0.1, 0.15) is 5.75 Å². The Labute approximate surface area is 92.5 Å². The van der Waals surface area contributed by atoms with Crippen LogP contribution in [0, 0.1) is 26.2 Å². The second-order valence-corrected chi connectivity index (χ2v) is 3.76. The molecule has 0 aliphatic carbocycles. The number of rotatable bonds is 5. The highest BCUT2D eigenvalue weighted by atomic mass is 16.5. The van der Waals surface area contributed by atoms with Crippen LogP contribution in [0.2, 0.25) is 0 Å². The lowest BCUT2D eigenvalue weighted by Gasteiger charge is -2.07. The minimum atomic E-state index is 0.754. The van der Waals surface area contributed by atoms with E-state index in [-0.39, 0.29) is 0 Å². The van der Waals surface area contributed by atoms with Crippen molar-refractivity contribution in [3.63, 3.8) is 0 Å². The highest BCUT2D eigenvalue weighted by Gasteiger charge is 1.96. The number of ether oxygens (including phenoxy) is 1. The van der Waals surface area contributed by atoms with Crippen molar-refractivity contribution in [1.82, 2.24) is 0 Å². The first-order chi connectivity index (χ1) is 7.24. The normalized spacial score (nSPS) is 9.67. The maximum Gasteiger partial charge on any atom is 0.119 e. The van der Waals surface area contributed by atoms with Gasteiger partial charge in [-0.1, -0.05) is 6.07 Å². The molecule has 0 aliphatic rings. The molecule has 0 radical (unpaired) electrons. The molecule has 0 unspecified atom stereocenters. The second kappa shape index (κ2) is 6.14. The first-order valence-corrected chi connectivity index (χ1v) is 5.37. The van der Waals surface area contributed by atoms with Crippen molar-refractivity contribution in [1.29, 1.82) is 0 Å². The summed E-state index contributed by atoms with van der Waals surface area (Å²) in [5, 5.41) is 0. The van der Waals surface area contributed by atoms with Crippen molar-refractivity contribution in [3.8, 4) is 18.1 Å². The van der Waals surface area contributed by atoms with Crippen LogP contribution in [0.25, 0.3) is 0 Å². The fraction of sp³-hybridized carbons (Fsp3) is 0.429. The molecule has 0 N–H and O–H groups in total. The molecule has 0 amide bonds. The Morgan fingerprint density at radius 2 is 2.00 bits per heavy atom. The lowest BCUT2D eigenvalue weighted by molar-refractivity contribution is 0.307. The average molecular weight is 202 g/mol. The zero-order valence-corrected chi connectivity index (χ0v) is 9.55. The molecule has 1 rings (SSSR count). The predicted molar refractivity (Wildman–Crippen MR) is 64.1 cm³/mol. The van der Waals surface area contributed by atoms with Crippen LogP contribution in [0.3, 0.4) is 0 Å². The van der Waals surface area contributed by atoms with Gasteiger partial charge in [-0.25, -0.2) is 0 Å². The molecule has 0 saturated carbocycles. The number of unbranched alkanes of at least 4 members (excludes halogenated alkanes) is 2. The fourth-order valence-corrected chi connectivity index (χ4v) is 1.32. The first-order valence-electron chi connectivity index (χ1n) is 5.37. The second-order valence-electron chi connectivity index (χ2n) is 3.76. The van der Waals surface area contributed by atoms with Crippen LogP contribution in [0.5, 0.6) is 5.75 Å². The van der Waals surface area contributed by atoms with E-state index < -0.39 is 0 Å². The summed E-state index contributed by atoms with van der Waals surface area (Å²) in [6.07, 6.45) is 8.08. The van der Waals surface area contributed by atoms with Crippen molar-refractivity contribution in [3.05, 3.63) is 29.3 Å². The first kappa shape index (κ1) is 11.7. The summed E-state index contributed by atoms with van der Waals surface area (Å²) in [5.41, 5.74) is 2.57. The standard InChI is InChI=1S/C14H18O/c1-4-5-6-7-10-15-14-9-8-12(2)13(3)11-14/h1,8-9,11H,5-7,10H2,2-3H3. The third-order valence-electron chi connectivity index (χ3n) is 2.46. The van der Waals surface area contributed by atoms with E-state index in [2.05, 4.69) is 31.9 Å². The van der Waals surface area contributed by atoms with E-state index in [0.717, 1.165) is 31.6 Å². The zero-order chi connectivity index (χ0) is 11.1. The molecule has 0 saturated heterocycles.